The van der Waals surface area contributed by atoms with Gasteiger partial charge in [-0.3, -0.25) is 4.99 Å². The van der Waals surface area contributed by atoms with Crippen LogP contribution in [0.1, 0.15) is 16.0 Å². The molecule has 0 bridgehead atoms. The average Bonchev–Trinajstić information content (AvgIpc) is 2.90. The highest BCUT2D eigenvalue weighted by atomic mass is 32.1. The number of aryl methyl sites for hydroxylation is 1. The van der Waals surface area contributed by atoms with Crippen molar-refractivity contribution in [3.63, 3.8) is 0 Å². The third-order valence-electron chi connectivity index (χ3n) is 3.23. The van der Waals surface area contributed by atoms with Crippen molar-refractivity contribution in [2.24, 2.45) is 4.99 Å². The second kappa shape index (κ2) is 7.78. The molecule has 0 saturated heterocycles. The van der Waals surface area contributed by atoms with Crippen LogP contribution in [-0.2, 0) is 13.0 Å². The van der Waals surface area contributed by atoms with Gasteiger partial charge in [-0.15, -0.1) is 11.3 Å². The normalized spacial score (nSPS) is 11.5. The minimum atomic E-state index is -0.199. The second-order valence-electron chi connectivity index (χ2n) is 4.76. The molecule has 0 radical (unpaired) electrons. The SMILES string of the molecule is CN=C(NCCc1ccc(F)cc1)NCc1sccc1C. The van der Waals surface area contributed by atoms with Gasteiger partial charge in [-0.05, 0) is 48.1 Å². The van der Waals surface area contributed by atoms with Crippen LogP contribution in [0.3, 0.4) is 0 Å². The van der Waals surface area contributed by atoms with Crippen LogP contribution >= 0.6 is 11.3 Å². The molecule has 0 amide bonds. The summed E-state index contributed by atoms with van der Waals surface area (Å²) in [6.07, 6.45) is 0.832. The zero-order valence-corrected chi connectivity index (χ0v) is 13.1. The van der Waals surface area contributed by atoms with Crippen LogP contribution in [0.5, 0.6) is 0 Å². The quantitative estimate of drug-likeness (QED) is 0.658. The highest BCUT2D eigenvalue weighted by molar-refractivity contribution is 7.10. The Bertz CT molecular complexity index is 590. The molecule has 1 aromatic heterocycles. The molecular weight excluding hydrogens is 285 g/mol. The van der Waals surface area contributed by atoms with E-state index in [1.54, 1.807) is 18.4 Å². The summed E-state index contributed by atoms with van der Waals surface area (Å²) in [4.78, 5) is 5.52. The number of halogens is 1. The lowest BCUT2D eigenvalue weighted by Gasteiger charge is -2.11. The smallest absolute Gasteiger partial charge is 0.191 e. The van der Waals surface area contributed by atoms with Crippen molar-refractivity contribution in [2.75, 3.05) is 13.6 Å². The van der Waals surface area contributed by atoms with E-state index in [0.29, 0.717) is 0 Å². The van der Waals surface area contributed by atoms with Gasteiger partial charge in [-0.2, -0.15) is 0 Å². The molecule has 0 unspecified atom stereocenters. The number of nitrogens with one attached hydrogen (secondary N) is 2. The van der Waals surface area contributed by atoms with E-state index >= 15 is 0 Å². The first kappa shape index (κ1) is 15.5. The summed E-state index contributed by atoms with van der Waals surface area (Å²) in [5.41, 5.74) is 2.41. The van der Waals surface area contributed by atoms with E-state index in [-0.39, 0.29) is 5.82 Å². The van der Waals surface area contributed by atoms with Gasteiger partial charge in [0.1, 0.15) is 5.82 Å². The summed E-state index contributed by atoms with van der Waals surface area (Å²) < 4.78 is 12.8. The first-order valence-corrected chi connectivity index (χ1v) is 7.79. The van der Waals surface area contributed by atoms with Crippen molar-refractivity contribution in [1.29, 1.82) is 0 Å². The molecule has 2 aromatic rings. The Labute approximate surface area is 128 Å². The van der Waals surface area contributed by atoms with Crippen molar-refractivity contribution in [3.8, 4) is 0 Å². The first-order chi connectivity index (χ1) is 10.2. The van der Waals surface area contributed by atoms with E-state index in [1.165, 1.54) is 22.6 Å². The largest absolute Gasteiger partial charge is 0.356 e. The fourth-order valence-corrected chi connectivity index (χ4v) is 2.79. The Morgan fingerprint density at radius 3 is 2.57 bits per heavy atom. The van der Waals surface area contributed by atoms with Crippen LogP contribution in [0.25, 0.3) is 0 Å². The summed E-state index contributed by atoms with van der Waals surface area (Å²) in [5.74, 6) is 0.584. The molecule has 0 aliphatic heterocycles. The molecule has 1 aromatic carbocycles. The first-order valence-electron chi connectivity index (χ1n) is 6.91. The van der Waals surface area contributed by atoms with E-state index in [4.69, 9.17) is 0 Å². The molecule has 0 aliphatic rings. The monoisotopic (exact) mass is 305 g/mol. The van der Waals surface area contributed by atoms with Gasteiger partial charge in [0.15, 0.2) is 5.96 Å². The minimum Gasteiger partial charge on any atom is -0.356 e. The highest BCUT2D eigenvalue weighted by Gasteiger charge is 2.02. The van der Waals surface area contributed by atoms with Crippen molar-refractivity contribution < 1.29 is 4.39 Å². The maximum absolute atomic E-state index is 12.8. The maximum atomic E-state index is 12.8. The number of rotatable bonds is 5. The molecule has 0 aliphatic carbocycles. The van der Waals surface area contributed by atoms with Gasteiger partial charge in [-0.1, -0.05) is 12.1 Å². The molecule has 0 fully saturated rings. The number of hydrogen-bond donors (Lipinski definition) is 2. The van der Waals surface area contributed by atoms with E-state index in [0.717, 1.165) is 31.0 Å². The van der Waals surface area contributed by atoms with Gasteiger partial charge in [0, 0.05) is 18.5 Å². The van der Waals surface area contributed by atoms with Crippen LogP contribution in [0.2, 0.25) is 0 Å². The number of thiophene rings is 1. The molecule has 0 saturated carbocycles. The lowest BCUT2D eigenvalue weighted by molar-refractivity contribution is 0.626. The summed E-state index contributed by atoms with van der Waals surface area (Å²) in [7, 11) is 1.76. The number of aliphatic imine (C=N–C) groups is 1. The van der Waals surface area contributed by atoms with Crippen LogP contribution in [0, 0.1) is 12.7 Å². The predicted octanol–water partition coefficient (Wildman–Crippen LogP) is 3.10. The molecular formula is C16H20FN3S. The fraction of sp³-hybridized carbons (Fsp3) is 0.312. The summed E-state index contributed by atoms with van der Waals surface area (Å²) in [6.45, 7) is 3.65. The van der Waals surface area contributed by atoms with E-state index in [1.807, 2.05) is 12.1 Å². The van der Waals surface area contributed by atoms with Crippen LogP contribution in [-0.4, -0.2) is 19.6 Å². The molecule has 5 heteroatoms. The van der Waals surface area contributed by atoms with Gasteiger partial charge < -0.3 is 10.6 Å². The topological polar surface area (TPSA) is 36.4 Å². The van der Waals surface area contributed by atoms with Crippen LogP contribution in [0.15, 0.2) is 40.7 Å². The number of hydrogen-bond acceptors (Lipinski definition) is 2. The highest BCUT2D eigenvalue weighted by Crippen LogP contribution is 2.14. The molecule has 0 atom stereocenters. The maximum Gasteiger partial charge on any atom is 0.191 e. The Kier molecular flexibility index (Phi) is 5.75. The Morgan fingerprint density at radius 2 is 1.95 bits per heavy atom. The Balaban J connectivity index is 1.75. The lowest BCUT2D eigenvalue weighted by atomic mass is 10.1. The number of guanidine groups is 1. The predicted molar refractivity (Wildman–Crippen MR) is 87.4 cm³/mol. The Hall–Kier alpha value is -1.88. The third kappa shape index (κ3) is 4.86. The second-order valence-corrected chi connectivity index (χ2v) is 5.76. The standard InChI is InChI=1S/C16H20FN3S/c1-12-8-10-21-15(12)11-20-16(18-2)19-9-7-13-3-5-14(17)6-4-13/h3-6,8,10H,7,9,11H2,1-2H3,(H2,18,19,20). The Morgan fingerprint density at radius 1 is 1.19 bits per heavy atom. The summed E-state index contributed by atoms with van der Waals surface area (Å²) in [5, 5.41) is 8.66. The molecule has 2 rings (SSSR count). The number of nitrogens with zero attached hydrogens (tertiary/aromatic N) is 1. The molecule has 2 N–H and O–H groups in total. The summed E-state index contributed by atoms with van der Waals surface area (Å²) in [6, 6.07) is 8.71. The molecule has 3 nitrogen and oxygen atoms in total. The molecule has 21 heavy (non-hydrogen) atoms. The van der Waals surface area contributed by atoms with E-state index in [2.05, 4.69) is 34.0 Å². The number of benzene rings is 1. The zero-order chi connectivity index (χ0) is 15.1. The van der Waals surface area contributed by atoms with Gasteiger partial charge in [-0.25, -0.2) is 4.39 Å². The van der Waals surface area contributed by atoms with Gasteiger partial charge in [0.2, 0.25) is 0 Å². The fourth-order valence-electron chi connectivity index (χ4n) is 1.95. The summed E-state index contributed by atoms with van der Waals surface area (Å²) >= 11 is 1.74. The van der Waals surface area contributed by atoms with Gasteiger partial charge >= 0.3 is 0 Å². The van der Waals surface area contributed by atoms with Crippen molar-refractivity contribution >= 4 is 17.3 Å². The molecule has 1 heterocycles. The van der Waals surface area contributed by atoms with Gasteiger partial charge in [0.05, 0.1) is 6.54 Å². The van der Waals surface area contributed by atoms with Crippen LogP contribution in [0.4, 0.5) is 4.39 Å². The van der Waals surface area contributed by atoms with Crippen molar-refractivity contribution in [2.45, 2.75) is 19.9 Å². The lowest BCUT2D eigenvalue weighted by Crippen LogP contribution is -2.37. The zero-order valence-electron chi connectivity index (χ0n) is 12.3. The average molecular weight is 305 g/mol. The van der Waals surface area contributed by atoms with E-state index < -0.39 is 0 Å². The van der Waals surface area contributed by atoms with Gasteiger partial charge in [0.25, 0.3) is 0 Å². The van der Waals surface area contributed by atoms with Crippen molar-refractivity contribution in [1.82, 2.24) is 10.6 Å². The molecule has 0 spiro atoms. The van der Waals surface area contributed by atoms with Crippen LogP contribution < -0.4 is 10.6 Å². The third-order valence-corrected chi connectivity index (χ3v) is 4.25. The minimum absolute atomic E-state index is 0.199. The van der Waals surface area contributed by atoms with E-state index in [9.17, 15) is 4.39 Å². The molecule has 112 valence electrons. The van der Waals surface area contributed by atoms with Crippen molar-refractivity contribution in [3.05, 3.63) is 57.5 Å².